The summed E-state index contributed by atoms with van der Waals surface area (Å²) < 4.78 is 36.9. The van der Waals surface area contributed by atoms with Gasteiger partial charge in [0.2, 0.25) is 0 Å². The summed E-state index contributed by atoms with van der Waals surface area (Å²) >= 11 is 0. The van der Waals surface area contributed by atoms with E-state index in [1.807, 2.05) is 6.08 Å². The summed E-state index contributed by atoms with van der Waals surface area (Å²) in [5.41, 5.74) is 4.56. The van der Waals surface area contributed by atoms with Gasteiger partial charge in [-0.1, -0.05) is 47.1 Å². The number of phosphoric acid groups is 1. The first-order valence-electron chi connectivity index (χ1n) is 10.1. The second-order valence-electron chi connectivity index (χ2n) is 7.50. The Morgan fingerprint density at radius 1 is 1.00 bits per heavy atom. The Bertz CT molecular complexity index is 849. The van der Waals surface area contributed by atoms with Crippen molar-refractivity contribution in [1.82, 2.24) is 0 Å². The van der Waals surface area contributed by atoms with Gasteiger partial charge in [0.05, 0.1) is 6.61 Å². The molecule has 0 aliphatic rings. The van der Waals surface area contributed by atoms with E-state index in [2.05, 4.69) is 44.2 Å². The third-order valence-electron chi connectivity index (χ3n) is 4.31. The lowest BCUT2D eigenvalue weighted by atomic mass is 10.1. The molecule has 2 N–H and O–H groups in total. The number of para-hydroxylation sites is 1. The molecule has 0 aromatic heterocycles. The SMILES string of the molecule is CC(C)=CCC/C=C(\C)CC/C(C)=C/COc1ccccc1CO[PH](=O)OP(=O)(O)O. The van der Waals surface area contributed by atoms with Crippen molar-refractivity contribution in [1.29, 1.82) is 0 Å². The molecule has 0 fully saturated rings. The Kier molecular flexibility index (Phi) is 13.0. The minimum atomic E-state index is -4.85. The maximum atomic E-state index is 11.5. The van der Waals surface area contributed by atoms with E-state index in [-0.39, 0.29) is 6.61 Å². The minimum Gasteiger partial charge on any atom is -0.489 e. The van der Waals surface area contributed by atoms with Gasteiger partial charge >= 0.3 is 16.1 Å². The fourth-order valence-electron chi connectivity index (χ4n) is 2.60. The van der Waals surface area contributed by atoms with Gasteiger partial charge in [-0.3, -0.25) is 4.57 Å². The van der Waals surface area contributed by atoms with E-state index >= 15 is 0 Å². The fourth-order valence-corrected chi connectivity index (χ4v) is 3.86. The van der Waals surface area contributed by atoms with Crippen molar-refractivity contribution in [2.24, 2.45) is 0 Å². The summed E-state index contributed by atoms with van der Waals surface area (Å²) in [6.07, 6.45) is 10.7. The lowest BCUT2D eigenvalue weighted by Crippen LogP contribution is -1.99. The molecule has 1 aromatic carbocycles. The molecule has 1 aromatic rings. The second kappa shape index (κ2) is 14.6. The van der Waals surface area contributed by atoms with Crippen LogP contribution in [0.1, 0.15) is 58.9 Å². The van der Waals surface area contributed by atoms with Crippen molar-refractivity contribution in [3.63, 3.8) is 0 Å². The van der Waals surface area contributed by atoms with Gasteiger partial charge in [0, 0.05) is 5.56 Å². The predicted octanol–water partition coefficient (Wildman–Crippen LogP) is 6.50. The van der Waals surface area contributed by atoms with Gasteiger partial charge < -0.3 is 19.0 Å². The van der Waals surface area contributed by atoms with Crippen LogP contribution in [0.2, 0.25) is 0 Å². The molecule has 31 heavy (non-hydrogen) atoms. The summed E-state index contributed by atoms with van der Waals surface area (Å²) in [4.78, 5) is 17.3. The van der Waals surface area contributed by atoms with Crippen LogP contribution in [0.25, 0.3) is 0 Å². The quantitative estimate of drug-likeness (QED) is 0.181. The van der Waals surface area contributed by atoms with E-state index in [1.165, 1.54) is 16.7 Å². The number of allylic oxidation sites excluding steroid dienone is 5. The first-order chi connectivity index (χ1) is 14.6. The number of hydrogen-bond donors (Lipinski definition) is 2. The van der Waals surface area contributed by atoms with Gasteiger partial charge in [-0.2, -0.15) is 0 Å². The number of rotatable bonds is 14. The zero-order chi connectivity index (χ0) is 23.3. The van der Waals surface area contributed by atoms with Crippen LogP contribution in [-0.4, -0.2) is 16.4 Å². The highest BCUT2D eigenvalue weighted by molar-refractivity contribution is 7.55. The van der Waals surface area contributed by atoms with Crippen LogP contribution in [0.4, 0.5) is 0 Å². The Labute approximate surface area is 186 Å². The summed E-state index contributed by atoms with van der Waals surface area (Å²) in [7, 11) is -8.16. The number of benzene rings is 1. The first-order valence-corrected chi connectivity index (χ1v) is 12.9. The van der Waals surface area contributed by atoms with E-state index in [9.17, 15) is 9.13 Å². The van der Waals surface area contributed by atoms with Crippen molar-refractivity contribution < 1.29 is 32.5 Å². The Balaban J connectivity index is 2.47. The van der Waals surface area contributed by atoms with E-state index in [1.54, 1.807) is 24.3 Å². The second-order valence-corrected chi connectivity index (χ2v) is 10.00. The van der Waals surface area contributed by atoms with Gasteiger partial charge in [-0.15, -0.1) is 0 Å². The highest BCUT2D eigenvalue weighted by Crippen LogP contribution is 2.48. The Hall–Kier alpha value is -1.46. The zero-order valence-electron chi connectivity index (χ0n) is 18.7. The molecule has 174 valence electrons. The topological polar surface area (TPSA) is 102 Å². The van der Waals surface area contributed by atoms with Gasteiger partial charge in [0.1, 0.15) is 12.4 Å². The molecule has 9 heteroatoms. The molecule has 1 unspecified atom stereocenters. The maximum absolute atomic E-state index is 11.5. The molecule has 0 bridgehead atoms. The molecule has 7 nitrogen and oxygen atoms in total. The molecule has 0 aliphatic carbocycles. The van der Waals surface area contributed by atoms with Crippen LogP contribution in [0.15, 0.2) is 59.2 Å². The van der Waals surface area contributed by atoms with Gasteiger partial charge in [-0.05, 0) is 65.5 Å². The standard InChI is InChI=1S/C22H34O7P2/c1-18(2)9-5-6-10-19(3)13-14-20(4)15-16-27-22-12-8-7-11-21(22)17-28-30(23)29-31(24,25)26/h7-12,15,30H,5-6,13-14,16-17H2,1-4H3,(H2,24,25,26)/b19-10+,20-15+. The minimum absolute atomic E-state index is 0.145. The highest BCUT2D eigenvalue weighted by atomic mass is 31.2. The lowest BCUT2D eigenvalue weighted by molar-refractivity contribution is 0.233. The van der Waals surface area contributed by atoms with E-state index in [4.69, 9.17) is 19.0 Å². The molecular weight excluding hydrogens is 438 g/mol. The summed E-state index contributed by atoms with van der Waals surface area (Å²) in [6, 6.07) is 7.04. The smallest absolute Gasteiger partial charge is 0.476 e. The molecule has 0 heterocycles. The van der Waals surface area contributed by atoms with E-state index in [0.29, 0.717) is 17.9 Å². The molecule has 1 atom stereocenters. The molecule has 1 rings (SSSR count). The zero-order valence-corrected chi connectivity index (χ0v) is 20.6. The van der Waals surface area contributed by atoms with Crippen molar-refractivity contribution in [3.8, 4) is 5.75 Å². The van der Waals surface area contributed by atoms with Gasteiger partial charge in [0.25, 0.3) is 0 Å². The van der Waals surface area contributed by atoms with E-state index < -0.39 is 16.1 Å². The maximum Gasteiger partial charge on any atom is 0.476 e. The molecule has 0 radical (unpaired) electrons. The summed E-state index contributed by atoms with van der Waals surface area (Å²) in [5, 5.41) is 0. The number of ether oxygens (including phenoxy) is 1. The van der Waals surface area contributed by atoms with Crippen molar-refractivity contribution >= 4 is 16.1 Å². The molecular formula is C22H34O7P2. The Morgan fingerprint density at radius 3 is 2.26 bits per heavy atom. The summed E-state index contributed by atoms with van der Waals surface area (Å²) in [5.74, 6) is 0.549. The third kappa shape index (κ3) is 14.3. The largest absolute Gasteiger partial charge is 0.489 e. The van der Waals surface area contributed by atoms with Crippen molar-refractivity contribution in [2.75, 3.05) is 6.61 Å². The molecule has 0 saturated carbocycles. The van der Waals surface area contributed by atoms with Crippen LogP contribution in [0.5, 0.6) is 5.75 Å². The van der Waals surface area contributed by atoms with Crippen LogP contribution in [-0.2, 0) is 24.6 Å². The average molecular weight is 472 g/mol. The average Bonchev–Trinajstić information content (AvgIpc) is 2.67. The van der Waals surface area contributed by atoms with Crippen molar-refractivity contribution in [2.45, 2.75) is 60.0 Å². The Morgan fingerprint density at radius 2 is 1.61 bits per heavy atom. The predicted molar refractivity (Wildman–Crippen MR) is 124 cm³/mol. The van der Waals surface area contributed by atoms with Crippen LogP contribution in [0, 0.1) is 0 Å². The number of unbranched alkanes of at least 4 members (excludes halogenated alkanes) is 1. The van der Waals surface area contributed by atoms with Crippen LogP contribution < -0.4 is 4.74 Å². The fraction of sp³-hybridized carbons (Fsp3) is 0.455. The normalized spacial score (nSPS) is 13.7. The first kappa shape index (κ1) is 27.6. The molecule has 0 spiro atoms. The molecule has 0 saturated heterocycles. The summed E-state index contributed by atoms with van der Waals surface area (Å²) in [6.45, 7) is 8.68. The lowest BCUT2D eigenvalue weighted by Gasteiger charge is -2.11. The monoisotopic (exact) mass is 472 g/mol. The van der Waals surface area contributed by atoms with Crippen LogP contribution in [0.3, 0.4) is 0 Å². The molecule has 0 aliphatic heterocycles. The third-order valence-corrected chi connectivity index (χ3v) is 6.24. The highest BCUT2D eigenvalue weighted by Gasteiger charge is 2.19. The van der Waals surface area contributed by atoms with E-state index in [0.717, 1.165) is 25.7 Å². The van der Waals surface area contributed by atoms with Crippen molar-refractivity contribution in [3.05, 3.63) is 64.8 Å². The number of hydrogen-bond acceptors (Lipinski definition) is 5. The van der Waals surface area contributed by atoms with Crippen LogP contribution >= 0.6 is 16.1 Å². The van der Waals surface area contributed by atoms with Gasteiger partial charge in [0.15, 0.2) is 0 Å². The van der Waals surface area contributed by atoms with Gasteiger partial charge in [-0.25, -0.2) is 8.88 Å². The molecule has 0 amide bonds.